The van der Waals surface area contributed by atoms with Crippen molar-refractivity contribution in [2.24, 2.45) is 0 Å². The maximum absolute atomic E-state index is 9.01. The first-order valence-electron chi connectivity index (χ1n) is 5.29. The molecule has 0 fully saturated rings. The second kappa shape index (κ2) is 9.05. The first kappa shape index (κ1) is 12.0. The molecule has 0 saturated carbocycles. The van der Waals surface area contributed by atoms with Crippen molar-refractivity contribution in [1.29, 1.82) is 0 Å². The zero-order chi connectivity index (χ0) is 9.23. The van der Waals surface area contributed by atoms with Crippen LogP contribution in [-0.2, 0) is 0 Å². The minimum atomic E-state index is 0.309. The minimum absolute atomic E-state index is 0.309. The number of rotatable bonds is 8. The molecule has 0 bridgehead atoms. The molecule has 0 aliphatic heterocycles. The van der Waals surface area contributed by atoms with Crippen LogP contribution < -0.4 is 0 Å². The predicted molar refractivity (Wildman–Crippen MR) is 54.0 cm³/mol. The van der Waals surface area contributed by atoms with Crippen molar-refractivity contribution in [2.45, 2.75) is 58.8 Å². The summed E-state index contributed by atoms with van der Waals surface area (Å²) in [6, 6.07) is 0. The Morgan fingerprint density at radius 3 is 2.00 bits per heavy atom. The monoisotopic (exact) mass is 171 g/mol. The maximum atomic E-state index is 9.01. The van der Waals surface area contributed by atoms with Crippen molar-refractivity contribution >= 4 is 0 Å². The van der Waals surface area contributed by atoms with Gasteiger partial charge in [0.2, 0.25) is 0 Å². The van der Waals surface area contributed by atoms with E-state index in [1.807, 2.05) is 0 Å². The van der Waals surface area contributed by atoms with E-state index in [1.165, 1.54) is 38.0 Å². The first-order valence-corrected chi connectivity index (χ1v) is 5.29. The van der Waals surface area contributed by atoms with E-state index in [1.54, 1.807) is 0 Å². The quantitative estimate of drug-likeness (QED) is 0.555. The van der Waals surface area contributed by atoms with Gasteiger partial charge in [0, 0.05) is 12.5 Å². The zero-order valence-electron chi connectivity index (χ0n) is 8.60. The molecule has 1 radical (unpaired) electrons. The van der Waals surface area contributed by atoms with E-state index in [0.717, 1.165) is 12.8 Å². The number of hydrogen-bond acceptors (Lipinski definition) is 1. The molecule has 0 rings (SSSR count). The van der Waals surface area contributed by atoms with Crippen LogP contribution in [0.2, 0.25) is 0 Å². The number of hydrogen-bond donors (Lipinski definition) is 1. The molecule has 1 N–H and O–H groups in total. The van der Waals surface area contributed by atoms with Crippen LogP contribution in [0, 0.1) is 5.92 Å². The Balaban J connectivity index is 3.26. The average molecular weight is 171 g/mol. The lowest BCUT2D eigenvalue weighted by molar-refractivity contribution is 0.291. The van der Waals surface area contributed by atoms with E-state index in [4.69, 9.17) is 5.11 Å². The molecule has 73 valence electrons. The highest BCUT2D eigenvalue weighted by molar-refractivity contribution is 4.88. The molecule has 12 heavy (non-hydrogen) atoms. The van der Waals surface area contributed by atoms with Gasteiger partial charge in [-0.3, -0.25) is 0 Å². The summed E-state index contributed by atoms with van der Waals surface area (Å²) in [6.45, 7) is 4.72. The fourth-order valence-electron chi connectivity index (χ4n) is 1.33. The third kappa shape index (κ3) is 6.66. The molecule has 0 heterocycles. The van der Waals surface area contributed by atoms with E-state index in [-0.39, 0.29) is 0 Å². The molecule has 0 amide bonds. The topological polar surface area (TPSA) is 20.2 Å². The molecule has 0 aliphatic carbocycles. The molecule has 0 saturated heterocycles. The van der Waals surface area contributed by atoms with Crippen LogP contribution in [0.5, 0.6) is 0 Å². The summed E-state index contributed by atoms with van der Waals surface area (Å²) in [5.74, 6) is 1.35. The Morgan fingerprint density at radius 2 is 1.50 bits per heavy atom. The van der Waals surface area contributed by atoms with Crippen LogP contribution in [0.4, 0.5) is 0 Å². The van der Waals surface area contributed by atoms with E-state index < -0.39 is 0 Å². The predicted octanol–water partition coefficient (Wildman–Crippen LogP) is 3.32. The summed E-state index contributed by atoms with van der Waals surface area (Å²) in [4.78, 5) is 0. The first-order chi connectivity index (χ1) is 5.85. The van der Waals surface area contributed by atoms with Gasteiger partial charge in [-0.15, -0.1) is 0 Å². The van der Waals surface area contributed by atoms with Gasteiger partial charge in [0.15, 0.2) is 0 Å². The van der Waals surface area contributed by atoms with Crippen molar-refractivity contribution in [3.63, 3.8) is 0 Å². The number of aliphatic hydroxyl groups is 1. The molecule has 0 spiro atoms. The molecule has 0 aromatic rings. The van der Waals surface area contributed by atoms with Crippen LogP contribution in [0.15, 0.2) is 0 Å². The molecule has 0 aromatic carbocycles. The molecular weight excluding hydrogens is 148 g/mol. The molecule has 0 aromatic heterocycles. The highest BCUT2D eigenvalue weighted by atomic mass is 16.3. The van der Waals surface area contributed by atoms with Gasteiger partial charge in [-0.1, -0.05) is 46.0 Å². The van der Waals surface area contributed by atoms with Crippen molar-refractivity contribution in [2.75, 3.05) is 6.61 Å². The van der Waals surface area contributed by atoms with Crippen molar-refractivity contribution in [3.8, 4) is 0 Å². The summed E-state index contributed by atoms with van der Waals surface area (Å²) >= 11 is 0. The van der Waals surface area contributed by atoms with E-state index in [0.29, 0.717) is 6.61 Å². The van der Waals surface area contributed by atoms with Crippen molar-refractivity contribution in [1.82, 2.24) is 0 Å². The van der Waals surface area contributed by atoms with E-state index >= 15 is 0 Å². The molecular formula is C11H23O. The van der Waals surface area contributed by atoms with Crippen LogP contribution >= 0.6 is 0 Å². The Hall–Kier alpha value is -0.0400. The lowest BCUT2D eigenvalue weighted by Crippen LogP contribution is -2.03. The van der Waals surface area contributed by atoms with Crippen LogP contribution in [-0.4, -0.2) is 11.7 Å². The van der Waals surface area contributed by atoms with Gasteiger partial charge in [0.05, 0.1) is 0 Å². The maximum Gasteiger partial charge on any atom is 0.0493 e. The van der Waals surface area contributed by atoms with E-state index in [9.17, 15) is 0 Å². The minimum Gasteiger partial charge on any atom is -0.396 e. The fraction of sp³-hybridized carbons (Fsp3) is 0.909. The molecule has 0 atom stereocenters. The van der Waals surface area contributed by atoms with Gasteiger partial charge in [0.25, 0.3) is 0 Å². The second-order valence-electron chi connectivity index (χ2n) is 3.47. The van der Waals surface area contributed by atoms with Crippen molar-refractivity contribution < 1.29 is 5.11 Å². The second-order valence-corrected chi connectivity index (χ2v) is 3.47. The molecule has 0 aliphatic rings. The van der Waals surface area contributed by atoms with Gasteiger partial charge in [-0.2, -0.15) is 0 Å². The van der Waals surface area contributed by atoms with Crippen LogP contribution in [0.1, 0.15) is 58.8 Å². The Morgan fingerprint density at radius 1 is 0.917 bits per heavy atom. The average Bonchev–Trinajstić information content (AvgIpc) is 2.11. The van der Waals surface area contributed by atoms with Gasteiger partial charge >= 0.3 is 0 Å². The SMILES string of the molecule is CCCCC[C](CO)CCCC. The lowest BCUT2D eigenvalue weighted by Gasteiger charge is -2.11. The summed E-state index contributed by atoms with van der Waals surface area (Å²) in [6.07, 6.45) is 8.58. The highest BCUT2D eigenvalue weighted by Crippen LogP contribution is 2.17. The lowest BCUT2D eigenvalue weighted by atomic mass is 9.96. The zero-order valence-corrected chi connectivity index (χ0v) is 8.60. The van der Waals surface area contributed by atoms with Crippen LogP contribution in [0.3, 0.4) is 0 Å². The summed E-state index contributed by atoms with van der Waals surface area (Å²) < 4.78 is 0. The summed E-state index contributed by atoms with van der Waals surface area (Å²) in [5.41, 5.74) is 0. The fourth-order valence-corrected chi connectivity index (χ4v) is 1.33. The molecule has 1 nitrogen and oxygen atoms in total. The smallest absolute Gasteiger partial charge is 0.0493 e. The van der Waals surface area contributed by atoms with Crippen molar-refractivity contribution in [3.05, 3.63) is 5.92 Å². The van der Waals surface area contributed by atoms with E-state index in [2.05, 4.69) is 13.8 Å². The van der Waals surface area contributed by atoms with Gasteiger partial charge in [0.1, 0.15) is 0 Å². The summed E-state index contributed by atoms with van der Waals surface area (Å²) in [5, 5.41) is 9.01. The Kier molecular flexibility index (Phi) is 9.02. The van der Waals surface area contributed by atoms with Crippen LogP contribution in [0.25, 0.3) is 0 Å². The Labute approximate surface area is 77.2 Å². The molecule has 1 heteroatoms. The standard InChI is InChI=1S/C11H23O/c1-3-5-7-9-11(10-12)8-6-4-2/h12H,3-10H2,1-2H3. The normalized spacial score (nSPS) is 11.0. The highest BCUT2D eigenvalue weighted by Gasteiger charge is 2.06. The Bertz CT molecular complexity index is 81.1. The third-order valence-electron chi connectivity index (χ3n) is 2.24. The van der Waals surface area contributed by atoms with Gasteiger partial charge in [-0.25, -0.2) is 0 Å². The summed E-state index contributed by atoms with van der Waals surface area (Å²) in [7, 11) is 0. The largest absolute Gasteiger partial charge is 0.396 e. The van der Waals surface area contributed by atoms with Gasteiger partial charge in [-0.05, 0) is 12.8 Å². The number of aliphatic hydroxyl groups excluding tert-OH is 1. The van der Waals surface area contributed by atoms with Gasteiger partial charge < -0.3 is 5.11 Å². The third-order valence-corrected chi connectivity index (χ3v) is 2.24. The number of unbranched alkanes of at least 4 members (excludes halogenated alkanes) is 3. The molecule has 0 unspecified atom stereocenters.